The number of aliphatic carboxylic acids is 1. The van der Waals surface area contributed by atoms with Gasteiger partial charge >= 0.3 is 12.1 Å². The molecule has 0 aromatic carbocycles. The lowest BCUT2D eigenvalue weighted by molar-refractivity contribution is -0.144. The van der Waals surface area contributed by atoms with Gasteiger partial charge in [-0.15, -0.1) is 0 Å². The average molecular weight is 245 g/mol. The van der Waals surface area contributed by atoms with Crippen molar-refractivity contribution in [3.8, 4) is 0 Å². The fourth-order valence-corrected chi connectivity index (χ4v) is 1.50. The van der Waals surface area contributed by atoms with E-state index < -0.39 is 23.7 Å². The summed E-state index contributed by atoms with van der Waals surface area (Å²) in [5.74, 6) is -1.01. The summed E-state index contributed by atoms with van der Waals surface area (Å²) in [7, 11) is 0. The van der Waals surface area contributed by atoms with Crippen LogP contribution >= 0.6 is 0 Å². The summed E-state index contributed by atoms with van der Waals surface area (Å²) in [6.45, 7) is 10.5. The molecule has 0 radical (unpaired) electrons. The van der Waals surface area contributed by atoms with Crippen LogP contribution in [0.5, 0.6) is 0 Å². The van der Waals surface area contributed by atoms with Crippen LogP contribution in [-0.2, 0) is 9.53 Å². The maximum Gasteiger partial charge on any atom is 0.411 e. The number of carboxylic acids is 1. The molecule has 0 bridgehead atoms. The highest BCUT2D eigenvalue weighted by atomic mass is 16.6. The van der Waals surface area contributed by atoms with E-state index in [0.29, 0.717) is 6.42 Å². The van der Waals surface area contributed by atoms with Crippen LogP contribution in [0.2, 0.25) is 0 Å². The molecule has 0 aromatic rings. The van der Waals surface area contributed by atoms with Gasteiger partial charge in [0.2, 0.25) is 0 Å². The highest BCUT2D eigenvalue weighted by Crippen LogP contribution is 2.16. The van der Waals surface area contributed by atoms with E-state index in [9.17, 15) is 9.59 Å². The third-order valence-electron chi connectivity index (χ3n) is 2.17. The summed E-state index contributed by atoms with van der Waals surface area (Å²) < 4.78 is 5.22. The van der Waals surface area contributed by atoms with Crippen molar-refractivity contribution in [2.24, 2.45) is 0 Å². The molecule has 0 fully saturated rings. The first-order chi connectivity index (χ1) is 7.60. The van der Waals surface area contributed by atoms with Gasteiger partial charge in [-0.25, -0.2) is 9.59 Å². The van der Waals surface area contributed by atoms with E-state index in [4.69, 9.17) is 9.84 Å². The molecule has 0 aliphatic rings. The molecule has 5 heteroatoms. The molecule has 1 N–H and O–H groups in total. The van der Waals surface area contributed by atoms with Gasteiger partial charge in [0.1, 0.15) is 11.6 Å². The van der Waals surface area contributed by atoms with Crippen molar-refractivity contribution < 1.29 is 19.4 Å². The van der Waals surface area contributed by atoms with E-state index in [2.05, 4.69) is 0 Å². The summed E-state index contributed by atoms with van der Waals surface area (Å²) in [6.07, 6.45) is -0.228. The fraction of sp³-hybridized carbons (Fsp3) is 0.833. The van der Waals surface area contributed by atoms with Gasteiger partial charge in [-0.1, -0.05) is 6.92 Å². The molecule has 0 aliphatic heterocycles. The number of hydrogen-bond donors (Lipinski definition) is 1. The number of carbonyl (C=O) groups excluding carboxylic acids is 1. The predicted molar refractivity (Wildman–Crippen MR) is 64.9 cm³/mol. The molecule has 0 saturated heterocycles. The van der Waals surface area contributed by atoms with Crippen LogP contribution in [0.3, 0.4) is 0 Å². The lowest BCUT2D eigenvalue weighted by Crippen LogP contribution is -2.50. The Kier molecular flexibility index (Phi) is 5.45. The number of ether oxygens (including phenoxy) is 1. The predicted octanol–water partition coefficient (Wildman–Crippen LogP) is 2.50. The highest BCUT2D eigenvalue weighted by Gasteiger charge is 2.33. The van der Waals surface area contributed by atoms with Crippen LogP contribution in [0.15, 0.2) is 0 Å². The molecule has 0 aromatic heterocycles. The van der Waals surface area contributed by atoms with E-state index in [0.717, 1.165) is 0 Å². The minimum Gasteiger partial charge on any atom is -0.480 e. The van der Waals surface area contributed by atoms with Crippen molar-refractivity contribution in [2.45, 2.75) is 65.6 Å². The van der Waals surface area contributed by atoms with Crippen molar-refractivity contribution in [1.82, 2.24) is 4.90 Å². The third-order valence-corrected chi connectivity index (χ3v) is 2.17. The molecule has 5 nitrogen and oxygen atoms in total. The van der Waals surface area contributed by atoms with Crippen molar-refractivity contribution >= 4 is 12.1 Å². The normalized spacial score (nSPS) is 13.4. The fourth-order valence-electron chi connectivity index (χ4n) is 1.50. The summed E-state index contributed by atoms with van der Waals surface area (Å²) in [6, 6.07) is -1.06. The molecule has 0 aliphatic carbocycles. The highest BCUT2D eigenvalue weighted by molar-refractivity contribution is 5.80. The maximum atomic E-state index is 11.9. The van der Waals surface area contributed by atoms with Gasteiger partial charge in [-0.3, -0.25) is 4.90 Å². The molecule has 100 valence electrons. The summed E-state index contributed by atoms with van der Waals surface area (Å²) in [4.78, 5) is 24.3. The van der Waals surface area contributed by atoms with Crippen LogP contribution < -0.4 is 0 Å². The van der Waals surface area contributed by atoms with E-state index in [-0.39, 0.29) is 6.04 Å². The average Bonchev–Trinajstić information content (AvgIpc) is 2.08. The zero-order chi connectivity index (χ0) is 13.8. The molecule has 0 spiro atoms. The van der Waals surface area contributed by atoms with Gasteiger partial charge in [-0.05, 0) is 41.0 Å². The zero-order valence-electron chi connectivity index (χ0n) is 11.5. The first-order valence-corrected chi connectivity index (χ1v) is 5.84. The summed E-state index contributed by atoms with van der Waals surface area (Å²) in [5, 5.41) is 9.09. The molecular weight excluding hydrogens is 222 g/mol. The monoisotopic (exact) mass is 245 g/mol. The molecule has 0 heterocycles. The Morgan fingerprint density at radius 1 is 1.29 bits per heavy atom. The van der Waals surface area contributed by atoms with Gasteiger partial charge < -0.3 is 9.84 Å². The first-order valence-electron chi connectivity index (χ1n) is 5.84. The van der Waals surface area contributed by atoms with Crippen molar-refractivity contribution in [2.75, 3.05) is 0 Å². The molecular formula is C12H23NO4. The molecule has 17 heavy (non-hydrogen) atoms. The molecule has 0 saturated carbocycles. The SMILES string of the molecule is CCC(C(=O)O)N(C(=O)OC(C)(C)C)C(C)C. The van der Waals surface area contributed by atoms with E-state index in [1.807, 2.05) is 0 Å². The Labute approximate surface area is 103 Å². The van der Waals surface area contributed by atoms with Crippen LogP contribution in [0.1, 0.15) is 48.0 Å². The van der Waals surface area contributed by atoms with E-state index >= 15 is 0 Å². The molecule has 1 amide bonds. The number of amides is 1. The number of carboxylic acid groups (broad SMARTS) is 1. The lowest BCUT2D eigenvalue weighted by atomic mass is 10.1. The zero-order valence-corrected chi connectivity index (χ0v) is 11.5. The van der Waals surface area contributed by atoms with Crippen LogP contribution in [0.4, 0.5) is 4.79 Å². The second-order valence-corrected chi connectivity index (χ2v) is 5.24. The van der Waals surface area contributed by atoms with Crippen molar-refractivity contribution in [1.29, 1.82) is 0 Å². The maximum absolute atomic E-state index is 11.9. The second kappa shape index (κ2) is 5.89. The Hall–Kier alpha value is -1.26. The first kappa shape index (κ1) is 15.7. The van der Waals surface area contributed by atoms with Crippen LogP contribution in [-0.4, -0.2) is 39.8 Å². The van der Waals surface area contributed by atoms with Crippen LogP contribution in [0.25, 0.3) is 0 Å². The molecule has 0 rings (SSSR count). The van der Waals surface area contributed by atoms with Gasteiger partial charge in [0.15, 0.2) is 0 Å². The van der Waals surface area contributed by atoms with Crippen molar-refractivity contribution in [3.63, 3.8) is 0 Å². The number of hydrogen-bond acceptors (Lipinski definition) is 3. The van der Waals surface area contributed by atoms with Gasteiger partial charge in [0, 0.05) is 6.04 Å². The summed E-state index contributed by atoms with van der Waals surface area (Å²) in [5.41, 5.74) is -0.624. The van der Waals surface area contributed by atoms with Crippen molar-refractivity contribution in [3.05, 3.63) is 0 Å². The molecule has 1 atom stereocenters. The second-order valence-electron chi connectivity index (χ2n) is 5.24. The minimum absolute atomic E-state index is 0.217. The Balaban J connectivity index is 4.97. The lowest BCUT2D eigenvalue weighted by Gasteiger charge is -2.33. The number of nitrogens with zero attached hydrogens (tertiary/aromatic N) is 1. The van der Waals surface area contributed by atoms with E-state index in [1.54, 1.807) is 41.5 Å². The van der Waals surface area contributed by atoms with Gasteiger partial charge in [-0.2, -0.15) is 0 Å². The largest absolute Gasteiger partial charge is 0.480 e. The smallest absolute Gasteiger partial charge is 0.411 e. The Bertz CT molecular complexity index is 281. The number of rotatable bonds is 4. The Morgan fingerprint density at radius 3 is 2.00 bits per heavy atom. The topological polar surface area (TPSA) is 66.8 Å². The van der Waals surface area contributed by atoms with Gasteiger partial charge in [0.25, 0.3) is 0 Å². The van der Waals surface area contributed by atoms with Gasteiger partial charge in [0.05, 0.1) is 0 Å². The van der Waals surface area contributed by atoms with E-state index in [1.165, 1.54) is 4.90 Å². The summed E-state index contributed by atoms with van der Waals surface area (Å²) >= 11 is 0. The third kappa shape index (κ3) is 5.06. The quantitative estimate of drug-likeness (QED) is 0.826. The molecule has 1 unspecified atom stereocenters. The number of carbonyl (C=O) groups is 2. The van der Waals surface area contributed by atoms with Crippen LogP contribution in [0, 0.1) is 0 Å². The standard InChI is InChI=1S/C12H23NO4/c1-7-9(10(14)15)13(8(2)3)11(16)17-12(4,5)6/h8-9H,7H2,1-6H3,(H,14,15). The minimum atomic E-state index is -1.01. The Morgan fingerprint density at radius 2 is 1.76 bits per heavy atom.